The van der Waals surface area contributed by atoms with Crippen molar-refractivity contribution in [3.63, 3.8) is 0 Å². The molecule has 0 saturated heterocycles. The lowest BCUT2D eigenvalue weighted by Crippen LogP contribution is -2.26. The first-order chi connectivity index (χ1) is 10.2. The van der Waals surface area contributed by atoms with Crippen LogP contribution in [0.25, 0.3) is 6.08 Å². The van der Waals surface area contributed by atoms with E-state index in [0.29, 0.717) is 5.13 Å². The average Bonchev–Trinajstić information content (AvgIpc) is 2.73. The molecule has 4 nitrogen and oxygen atoms in total. The monoisotopic (exact) mass is 300 g/mol. The van der Waals surface area contributed by atoms with Crippen LogP contribution in [0.4, 0.5) is 5.13 Å². The van der Waals surface area contributed by atoms with Gasteiger partial charge in [0.25, 0.3) is 0 Å². The second-order valence-corrected chi connectivity index (χ2v) is 6.45. The summed E-state index contributed by atoms with van der Waals surface area (Å²) in [6.45, 7) is 5.16. The normalized spacial score (nSPS) is 16.0. The summed E-state index contributed by atoms with van der Waals surface area (Å²) in [4.78, 5) is 12.6. The van der Waals surface area contributed by atoms with Crippen LogP contribution in [0.15, 0.2) is 24.4 Å². The molecule has 0 saturated carbocycles. The lowest BCUT2D eigenvalue weighted by molar-refractivity contribution is 0.318. The summed E-state index contributed by atoms with van der Waals surface area (Å²) in [5.41, 5.74) is 9.25. The van der Waals surface area contributed by atoms with Gasteiger partial charge in [-0.05, 0) is 31.1 Å². The van der Waals surface area contributed by atoms with Crippen molar-refractivity contribution in [2.24, 2.45) is 0 Å². The molecule has 0 aromatic carbocycles. The maximum atomic E-state index is 5.78. The highest BCUT2D eigenvalue weighted by Crippen LogP contribution is 2.24. The maximum absolute atomic E-state index is 5.78. The number of pyridine rings is 1. The van der Waals surface area contributed by atoms with E-state index in [1.807, 2.05) is 12.3 Å². The Kier molecular flexibility index (Phi) is 4.31. The van der Waals surface area contributed by atoms with Crippen LogP contribution in [0.5, 0.6) is 0 Å². The Balaban J connectivity index is 1.58. The number of anilines is 1. The zero-order valence-corrected chi connectivity index (χ0v) is 13.1. The Labute approximate surface area is 129 Å². The molecule has 3 heterocycles. The average molecular weight is 300 g/mol. The number of hydrogen-bond acceptors (Lipinski definition) is 5. The van der Waals surface area contributed by atoms with Crippen molar-refractivity contribution in [1.82, 2.24) is 14.9 Å². The first-order valence-corrected chi connectivity index (χ1v) is 8.08. The number of hydrogen-bond donors (Lipinski definition) is 1. The smallest absolute Gasteiger partial charge is 0.180 e. The number of aromatic nitrogens is 2. The number of thiazole rings is 1. The fourth-order valence-electron chi connectivity index (χ4n) is 2.60. The van der Waals surface area contributed by atoms with Crippen molar-refractivity contribution in [1.29, 1.82) is 0 Å². The lowest BCUT2D eigenvalue weighted by Gasteiger charge is -2.17. The molecule has 21 heavy (non-hydrogen) atoms. The summed E-state index contributed by atoms with van der Waals surface area (Å²) in [5, 5.41) is 0.707. The molecule has 1 aliphatic heterocycles. The van der Waals surface area contributed by atoms with Crippen LogP contribution in [0.2, 0.25) is 0 Å². The molecule has 1 aliphatic rings. The highest BCUT2D eigenvalue weighted by atomic mass is 32.1. The molecule has 2 aromatic heterocycles. The molecule has 0 atom stereocenters. The zero-order valence-electron chi connectivity index (χ0n) is 12.2. The van der Waals surface area contributed by atoms with E-state index in [0.717, 1.165) is 38.2 Å². The minimum Gasteiger partial charge on any atom is -0.375 e. The summed E-state index contributed by atoms with van der Waals surface area (Å²) < 4.78 is 0. The summed E-state index contributed by atoms with van der Waals surface area (Å²) in [6.07, 6.45) is 8.22. The number of nitrogen functional groups attached to an aromatic ring is 1. The van der Waals surface area contributed by atoms with Crippen LogP contribution < -0.4 is 5.73 Å². The summed E-state index contributed by atoms with van der Waals surface area (Å²) in [5.74, 6) is 0. The molecular weight excluding hydrogens is 280 g/mol. The van der Waals surface area contributed by atoms with Gasteiger partial charge in [0.2, 0.25) is 0 Å². The van der Waals surface area contributed by atoms with Gasteiger partial charge in [-0.25, -0.2) is 4.98 Å². The number of nitrogens with two attached hydrogens (primary N) is 1. The van der Waals surface area contributed by atoms with Gasteiger partial charge in [0.1, 0.15) is 0 Å². The quantitative estimate of drug-likeness (QED) is 0.946. The van der Waals surface area contributed by atoms with E-state index in [2.05, 4.69) is 40.0 Å². The molecule has 0 fully saturated rings. The molecule has 5 heteroatoms. The summed E-state index contributed by atoms with van der Waals surface area (Å²) in [7, 11) is 0. The molecule has 2 aromatic rings. The van der Waals surface area contributed by atoms with Crippen LogP contribution >= 0.6 is 11.3 Å². The van der Waals surface area contributed by atoms with Crippen molar-refractivity contribution in [3.05, 3.63) is 46.2 Å². The molecule has 110 valence electrons. The first kappa shape index (κ1) is 14.2. The second-order valence-electron chi connectivity index (χ2n) is 5.33. The molecule has 0 unspecified atom stereocenters. The van der Waals surface area contributed by atoms with Crippen LogP contribution in [-0.2, 0) is 12.8 Å². The summed E-state index contributed by atoms with van der Waals surface area (Å²) >= 11 is 1.64. The van der Waals surface area contributed by atoms with Gasteiger partial charge in [-0.1, -0.05) is 12.1 Å². The Morgan fingerprint density at radius 1 is 1.38 bits per heavy atom. The third-order valence-corrected chi connectivity index (χ3v) is 4.79. The van der Waals surface area contributed by atoms with Crippen LogP contribution in [-0.4, -0.2) is 34.5 Å². The molecule has 0 spiro atoms. The largest absolute Gasteiger partial charge is 0.375 e. The molecule has 0 radical (unpaired) electrons. The van der Waals surface area contributed by atoms with E-state index in [4.69, 9.17) is 5.73 Å². The topological polar surface area (TPSA) is 55.0 Å². The van der Waals surface area contributed by atoms with Crippen LogP contribution in [0.1, 0.15) is 21.8 Å². The Hall–Kier alpha value is -1.72. The van der Waals surface area contributed by atoms with Crippen molar-refractivity contribution in [3.8, 4) is 0 Å². The molecule has 3 rings (SSSR count). The minimum absolute atomic E-state index is 0.707. The van der Waals surface area contributed by atoms with Gasteiger partial charge in [-0.15, -0.1) is 11.3 Å². The fraction of sp³-hybridized carbons (Fsp3) is 0.375. The van der Waals surface area contributed by atoms with Crippen molar-refractivity contribution in [2.75, 3.05) is 25.4 Å². The van der Waals surface area contributed by atoms with Gasteiger partial charge < -0.3 is 5.73 Å². The summed E-state index contributed by atoms with van der Waals surface area (Å²) in [6, 6.07) is 4.06. The van der Waals surface area contributed by atoms with Gasteiger partial charge in [-0.3, -0.25) is 9.88 Å². The van der Waals surface area contributed by atoms with Crippen molar-refractivity contribution >= 4 is 22.5 Å². The van der Waals surface area contributed by atoms with Gasteiger partial charge in [0, 0.05) is 37.1 Å². The molecular formula is C16H20N4S. The minimum atomic E-state index is 0.707. The Morgan fingerprint density at radius 2 is 2.24 bits per heavy atom. The van der Waals surface area contributed by atoms with Crippen LogP contribution in [0.3, 0.4) is 0 Å². The molecule has 0 aliphatic carbocycles. The van der Waals surface area contributed by atoms with Gasteiger partial charge in [0.05, 0.1) is 11.4 Å². The third kappa shape index (κ3) is 3.49. The van der Waals surface area contributed by atoms with E-state index >= 15 is 0 Å². The molecule has 0 amide bonds. The Morgan fingerprint density at radius 3 is 3.10 bits per heavy atom. The highest BCUT2D eigenvalue weighted by Gasteiger charge is 2.16. The van der Waals surface area contributed by atoms with E-state index in [1.165, 1.54) is 16.1 Å². The lowest BCUT2D eigenvalue weighted by atomic mass is 10.2. The predicted octanol–water partition coefficient (Wildman–Crippen LogP) is 2.54. The predicted molar refractivity (Wildman–Crippen MR) is 88.4 cm³/mol. The van der Waals surface area contributed by atoms with E-state index in [-0.39, 0.29) is 0 Å². The van der Waals surface area contributed by atoms with Crippen molar-refractivity contribution in [2.45, 2.75) is 19.8 Å². The van der Waals surface area contributed by atoms with E-state index in [1.54, 1.807) is 11.3 Å². The van der Waals surface area contributed by atoms with Crippen LogP contribution in [0, 0.1) is 6.92 Å². The van der Waals surface area contributed by atoms with Gasteiger partial charge in [-0.2, -0.15) is 0 Å². The van der Waals surface area contributed by atoms with Crippen molar-refractivity contribution < 1.29 is 0 Å². The van der Waals surface area contributed by atoms with Gasteiger partial charge >= 0.3 is 0 Å². The number of rotatable bonds is 3. The molecule has 0 bridgehead atoms. The second kappa shape index (κ2) is 6.37. The maximum Gasteiger partial charge on any atom is 0.180 e. The Bertz CT molecular complexity index is 622. The standard InChI is InChI=1S/C16H20N4S/c1-12-4-2-8-18-13(12)5-3-9-20-10-6-14-15(7-11-20)21-16(17)19-14/h2-5,8H,6-7,9-11H2,1H3,(H2,17,19)/b5-3+. The number of aryl methyl sites for hydroxylation is 1. The SMILES string of the molecule is Cc1cccnc1/C=C/CN1CCc2nc(N)sc2CC1. The number of fused-ring (bicyclic) bond motifs is 1. The zero-order chi connectivity index (χ0) is 14.7. The van der Waals surface area contributed by atoms with E-state index < -0.39 is 0 Å². The van der Waals surface area contributed by atoms with E-state index in [9.17, 15) is 0 Å². The fourth-order valence-corrected chi connectivity index (χ4v) is 3.46. The van der Waals surface area contributed by atoms with Gasteiger partial charge in [0.15, 0.2) is 5.13 Å². The molecule has 2 N–H and O–H groups in total. The number of nitrogens with zero attached hydrogens (tertiary/aromatic N) is 3. The highest BCUT2D eigenvalue weighted by molar-refractivity contribution is 7.15. The third-order valence-electron chi connectivity index (χ3n) is 3.80. The first-order valence-electron chi connectivity index (χ1n) is 7.27.